The number of ether oxygens (including phenoxy) is 1. The van der Waals surface area contributed by atoms with Crippen molar-refractivity contribution < 1.29 is 9.53 Å². The average molecular weight is 440 g/mol. The summed E-state index contributed by atoms with van der Waals surface area (Å²) in [6.07, 6.45) is 5.10. The van der Waals surface area contributed by atoms with Gasteiger partial charge in [-0.25, -0.2) is 14.5 Å². The number of nitrogens with two attached hydrogens (primary N) is 1. The van der Waals surface area contributed by atoms with Gasteiger partial charge in [0.05, 0.1) is 23.9 Å². The van der Waals surface area contributed by atoms with Crippen LogP contribution in [-0.4, -0.2) is 31.3 Å². The predicted octanol–water partition coefficient (Wildman–Crippen LogP) is 3.01. The number of hydrogen-bond acceptors (Lipinski definition) is 6. The summed E-state index contributed by atoms with van der Waals surface area (Å²) in [7, 11) is 0. The van der Waals surface area contributed by atoms with E-state index in [-0.39, 0.29) is 28.9 Å². The Labute approximate surface area is 183 Å². The molecule has 1 aliphatic carbocycles. The number of nitrogens with zero attached hydrogens (tertiary/aromatic N) is 4. The summed E-state index contributed by atoms with van der Waals surface area (Å²) < 4.78 is 9.68. The van der Waals surface area contributed by atoms with E-state index in [0.29, 0.717) is 10.8 Å². The first-order chi connectivity index (χ1) is 15.0. The lowest BCUT2D eigenvalue weighted by atomic mass is 9.93. The summed E-state index contributed by atoms with van der Waals surface area (Å²) in [6, 6.07) is 10.3. The smallest absolute Gasteiger partial charge is 0.346 e. The number of hydrogen-bond donors (Lipinski definition) is 1. The van der Waals surface area contributed by atoms with Crippen molar-refractivity contribution in [3.8, 4) is 5.06 Å². The molecule has 0 bridgehead atoms. The highest BCUT2D eigenvalue weighted by molar-refractivity contribution is 7.15. The van der Waals surface area contributed by atoms with Crippen molar-refractivity contribution in [3.05, 3.63) is 62.9 Å². The monoisotopic (exact) mass is 439 g/mol. The van der Waals surface area contributed by atoms with Crippen LogP contribution in [0.3, 0.4) is 0 Å². The number of fused-ring (bicyclic) bond motifs is 1. The summed E-state index contributed by atoms with van der Waals surface area (Å²) in [5.41, 5.74) is 7.16. The Bertz CT molecular complexity index is 1160. The maximum Gasteiger partial charge on any atom is 0.346 e. The van der Waals surface area contributed by atoms with Crippen molar-refractivity contribution >= 4 is 17.2 Å². The Morgan fingerprint density at radius 1 is 1.16 bits per heavy atom. The van der Waals surface area contributed by atoms with Crippen LogP contribution in [0.2, 0.25) is 0 Å². The molecular formula is C22H25N5O3S. The van der Waals surface area contributed by atoms with E-state index in [0.717, 1.165) is 49.9 Å². The van der Waals surface area contributed by atoms with Gasteiger partial charge >= 0.3 is 5.69 Å². The number of benzene rings is 1. The minimum absolute atomic E-state index is 0.00452. The average Bonchev–Trinajstić information content (AvgIpc) is 3.45. The van der Waals surface area contributed by atoms with Gasteiger partial charge in [0.1, 0.15) is 5.82 Å². The van der Waals surface area contributed by atoms with E-state index in [9.17, 15) is 9.59 Å². The number of carbonyl (C=O) groups excluding carboxylic acids is 1. The van der Waals surface area contributed by atoms with Gasteiger partial charge in [-0.05, 0) is 44.6 Å². The van der Waals surface area contributed by atoms with Crippen LogP contribution < -0.4 is 16.2 Å². The largest absolute Gasteiger partial charge is 0.479 e. The van der Waals surface area contributed by atoms with Gasteiger partial charge < -0.3 is 10.5 Å². The number of aromatic nitrogens is 4. The van der Waals surface area contributed by atoms with E-state index in [1.165, 1.54) is 11.3 Å². The standard InChI is InChI=1S/C22H25N5O3S/c1-13-21(31-20(24-13)19(23)28)30-16-9-7-15(8-10-16)27-22(29)26-17(11-12-18(26)25-27)14-5-3-2-4-6-14/h2-6,15-17H,7-12H2,1H3,(H2,23,28)/t15?,16?,17-/m0/s1. The lowest BCUT2D eigenvalue weighted by Gasteiger charge is -2.28. The topological polar surface area (TPSA) is 105 Å². The second-order valence-electron chi connectivity index (χ2n) is 8.28. The van der Waals surface area contributed by atoms with Crippen LogP contribution in [0.4, 0.5) is 0 Å². The highest BCUT2D eigenvalue weighted by atomic mass is 32.1. The molecule has 0 saturated heterocycles. The van der Waals surface area contributed by atoms with Crippen molar-refractivity contribution in [3.63, 3.8) is 0 Å². The Kier molecular flexibility index (Phi) is 5.13. The zero-order chi connectivity index (χ0) is 21.5. The van der Waals surface area contributed by atoms with Crippen LogP contribution in [0, 0.1) is 6.92 Å². The van der Waals surface area contributed by atoms with E-state index in [4.69, 9.17) is 15.6 Å². The van der Waals surface area contributed by atoms with E-state index in [1.807, 2.05) is 29.7 Å². The third-order valence-corrected chi connectivity index (χ3v) is 7.33. The zero-order valence-electron chi connectivity index (χ0n) is 17.4. The van der Waals surface area contributed by atoms with Gasteiger partial charge in [-0.15, -0.1) is 0 Å². The molecular weight excluding hydrogens is 414 g/mol. The second-order valence-corrected chi connectivity index (χ2v) is 9.24. The zero-order valence-corrected chi connectivity index (χ0v) is 18.2. The minimum atomic E-state index is -0.535. The first-order valence-corrected chi connectivity index (χ1v) is 11.5. The van der Waals surface area contributed by atoms with Gasteiger partial charge in [-0.3, -0.25) is 9.36 Å². The lowest BCUT2D eigenvalue weighted by molar-refractivity contribution is 0.0999. The summed E-state index contributed by atoms with van der Waals surface area (Å²) in [5.74, 6) is 0.351. The van der Waals surface area contributed by atoms with Gasteiger partial charge in [0.15, 0.2) is 10.1 Å². The molecule has 31 heavy (non-hydrogen) atoms. The molecule has 3 heterocycles. The fraction of sp³-hybridized carbons (Fsp3) is 0.455. The fourth-order valence-corrected chi connectivity index (χ4v) is 5.54. The molecule has 1 amide bonds. The molecule has 2 N–H and O–H groups in total. The van der Waals surface area contributed by atoms with Gasteiger partial charge in [-0.1, -0.05) is 41.7 Å². The van der Waals surface area contributed by atoms with E-state index in [2.05, 4.69) is 17.1 Å². The molecule has 0 spiro atoms. The third-order valence-electron chi connectivity index (χ3n) is 6.27. The highest BCUT2D eigenvalue weighted by Crippen LogP contribution is 2.35. The summed E-state index contributed by atoms with van der Waals surface area (Å²) in [4.78, 5) is 28.7. The summed E-state index contributed by atoms with van der Waals surface area (Å²) in [5, 5.41) is 5.63. The molecule has 3 aromatic rings. The van der Waals surface area contributed by atoms with Crippen molar-refractivity contribution in [1.29, 1.82) is 0 Å². The molecule has 1 fully saturated rings. The van der Waals surface area contributed by atoms with Crippen molar-refractivity contribution in [2.24, 2.45) is 5.73 Å². The fourth-order valence-electron chi connectivity index (χ4n) is 4.70. The molecule has 0 unspecified atom stereocenters. The first kappa shape index (κ1) is 20.0. The van der Waals surface area contributed by atoms with Crippen LogP contribution >= 0.6 is 11.3 Å². The van der Waals surface area contributed by atoms with E-state index in [1.54, 1.807) is 4.68 Å². The van der Waals surface area contributed by atoms with Gasteiger partial charge in [0, 0.05) is 6.42 Å². The quantitative estimate of drug-likeness (QED) is 0.658. The Hall–Kier alpha value is -2.94. The molecule has 1 saturated carbocycles. The molecule has 1 aliphatic heterocycles. The maximum atomic E-state index is 13.2. The van der Waals surface area contributed by atoms with E-state index < -0.39 is 5.91 Å². The van der Waals surface area contributed by atoms with Crippen molar-refractivity contribution in [1.82, 2.24) is 19.3 Å². The molecule has 2 aromatic heterocycles. The number of aryl methyl sites for hydroxylation is 2. The van der Waals surface area contributed by atoms with Crippen molar-refractivity contribution in [2.75, 3.05) is 0 Å². The number of amides is 1. The van der Waals surface area contributed by atoms with Crippen LogP contribution in [0.5, 0.6) is 5.06 Å². The Morgan fingerprint density at radius 3 is 2.58 bits per heavy atom. The summed E-state index contributed by atoms with van der Waals surface area (Å²) >= 11 is 1.20. The maximum absolute atomic E-state index is 13.2. The van der Waals surface area contributed by atoms with Crippen molar-refractivity contribution in [2.45, 2.75) is 63.6 Å². The molecule has 0 radical (unpaired) electrons. The molecule has 1 atom stereocenters. The van der Waals surface area contributed by atoms with Crippen LogP contribution in [0.15, 0.2) is 35.1 Å². The molecule has 2 aliphatic rings. The lowest BCUT2D eigenvalue weighted by Crippen LogP contribution is -2.33. The van der Waals surface area contributed by atoms with Crippen LogP contribution in [0.25, 0.3) is 0 Å². The summed E-state index contributed by atoms with van der Waals surface area (Å²) in [6.45, 7) is 1.82. The molecule has 1 aromatic carbocycles. The SMILES string of the molecule is Cc1nc(C(N)=O)sc1OC1CCC(n2nc3n(c2=O)[C@H](c2ccccc2)CC3)CC1. The number of rotatable bonds is 5. The van der Waals surface area contributed by atoms with E-state index >= 15 is 0 Å². The Balaban J connectivity index is 1.28. The molecule has 8 nitrogen and oxygen atoms in total. The minimum Gasteiger partial charge on any atom is -0.479 e. The van der Waals surface area contributed by atoms with Gasteiger partial charge in [-0.2, -0.15) is 5.10 Å². The first-order valence-electron chi connectivity index (χ1n) is 10.7. The van der Waals surface area contributed by atoms with Gasteiger partial charge in [0.25, 0.3) is 5.91 Å². The van der Waals surface area contributed by atoms with Crippen LogP contribution in [0.1, 0.15) is 71.1 Å². The van der Waals surface area contributed by atoms with Gasteiger partial charge in [0.2, 0.25) is 0 Å². The second kappa shape index (κ2) is 7.96. The Morgan fingerprint density at radius 2 is 1.90 bits per heavy atom. The number of carbonyl (C=O) groups is 1. The predicted molar refractivity (Wildman–Crippen MR) is 117 cm³/mol. The van der Waals surface area contributed by atoms with Crippen LogP contribution in [-0.2, 0) is 6.42 Å². The molecule has 162 valence electrons. The normalized spacial score (nSPS) is 22.9. The number of thiazole rings is 1. The molecule has 5 rings (SSSR count). The molecule has 9 heteroatoms. The third kappa shape index (κ3) is 3.67. The number of primary amides is 1. The highest BCUT2D eigenvalue weighted by Gasteiger charge is 2.33.